The fraction of sp³-hybridized carbons (Fsp3) is 0. The van der Waals surface area contributed by atoms with E-state index in [2.05, 4.69) is 0 Å². The molecule has 2 rings (SSSR count). The molecule has 110 valence electrons. The second-order valence-corrected chi connectivity index (χ2v) is 4.36. The van der Waals surface area contributed by atoms with Crippen LogP contribution in [0.5, 0.6) is 0 Å². The normalized spacial score (nSPS) is 10.3. The van der Waals surface area contributed by atoms with Gasteiger partial charge in [0, 0.05) is 6.08 Å². The molecule has 0 saturated carbocycles. The van der Waals surface area contributed by atoms with Gasteiger partial charge in [-0.25, -0.2) is 4.39 Å². The van der Waals surface area contributed by atoms with Crippen LogP contribution in [0.4, 0.5) is 4.39 Å². The molecule has 5 nitrogen and oxygen atoms in total. The number of benzene rings is 1. The summed E-state index contributed by atoms with van der Waals surface area (Å²) in [5.41, 5.74) is 5.22. The van der Waals surface area contributed by atoms with Gasteiger partial charge in [-0.3, -0.25) is 0 Å². The first kappa shape index (κ1) is 15.6. The number of furan rings is 1. The van der Waals surface area contributed by atoms with E-state index in [0.717, 1.165) is 0 Å². The number of allylic oxidation sites excluding steroid dienone is 2. The third kappa shape index (κ3) is 3.26. The summed E-state index contributed by atoms with van der Waals surface area (Å²) in [6.07, 6.45) is 1.29. The first-order chi connectivity index (χ1) is 11.1. The topological polar surface area (TPSA) is 111 Å². The van der Waals surface area contributed by atoms with Gasteiger partial charge < -0.3 is 10.2 Å². The molecule has 0 radical (unpaired) electrons. The Morgan fingerprint density at radius 2 is 1.74 bits per heavy atom. The smallest absolute Gasteiger partial charge is 0.153 e. The van der Waals surface area contributed by atoms with Crippen molar-refractivity contribution in [1.29, 1.82) is 15.8 Å². The van der Waals surface area contributed by atoms with Crippen LogP contribution < -0.4 is 5.73 Å². The van der Waals surface area contributed by atoms with E-state index in [4.69, 9.17) is 25.9 Å². The molecule has 0 saturated heterocycles. The van der Waals surface area contributed by atoms with E-state index in [1.54, 1.807) is 42.5 Å². The molecule has 1 heterocycles. The Labute approximate surface area is 131 Å². The summed E-state index contributed by atoms with van der Waals surface area (Å²) in [6, 6.07) is 14.2. The van der Waals surface area contributed by atoms with Crippen molar-refractivity contribution in [3.05, 3.63) is 64.8 Å². The van der Waals surface area contributed by atoms with Gasteiger partial charge in [-0.2, -0.15) is 15.8 Å². The van der Waals surface area contributed by atoms with Gasteiger partial charge in [0.15, 0.2) is 5.57 Å². The average Bonchev–Trinajstić information content (AvgIpc) is 3.02. The van der Waals surface area contributed by atoms with Crippen molar-refractivity contribution in [1.82, 2.24) is 0 Å². The maximum Gasteiger partial charge on any atom is 0.153 e. The van der Waals surface area contributed by atoms with Gasteiger partial charge in [0.1, 0.15) is 35.5 Å². The number of halogens is 1. The summed E-state index contributed by atoms with van der Waals surface area (Å²) in [7, 11) is 0. The molecule has 0 amide bonds. The highest BCUT2D eigenvalue weighted by atomic mass is 19.1. The molecule has 0 unspecified atom stereocenters. The minimum atomic E-state index is -0.437. The quantitative estimate of drug-likeness (QED) is 0.691. The first-order valence-electron chi connectivity index (χ1n) is 6.37. The van der Waals surface area contributed by atoms with Crippen molar-refractivity contribution in [2.24, 2.45) is 5.73 Å². The van der Waals surface area contributed by atoms with E-state index in [-0.39, 0.29) is 33.9 Å². The molecule has 0 spiro atoms. The number of hydrogen-bond donors (Lipinski definition) is 1. The van der Waals surface area contributed by atoms with Crippen LogP contribution in [0.1, 0.15) is 5.76 Å². The van der Waals surface area contributed by atoms with E-state index in [0.29, 0.717) is 0 Å². The van der Waals surface area contributed by atoms with E-state index in [1.165, 1.54) is 18.2 Å². The highest BCUT2D eigenvalue weighted by Crippen LogP contribution is 2.26. The molecule has 6 heteroatoms. The first-order valence-corrected chi connectivity index (χ1v) is 6.37. The van der Waals surface area contributed by atoms with Crippen molar-refractivity contribution >= 4 is 6.08 Å². The molecular weight excluding hydrogens is 295 g/mol. The molecule has 1 aromatic heterocycles. The number of nitrogens with two attached hydrogens (primary N) is 1. The maximum atomic E-state index is 13.7. The Bertz CT molecular complexity index is 916. The van der Waals surface area contributed by atoms with E-state index >= 15 is 0 Å². The van der Waals surface area contributed by atoms with Gasteiger partial charge in [0.25, 0.3) is 0 Å². The SMILES string of the molecule is N#CC(C#N)=C(N)/C(C#N)=C/c1ccc(-c2ccccc2F)o1. The largest absolute Gasteiger partial charge is 0.457 e. The number of nitrogens with zero attached hydrogens (tertiary/aromatic N) is 3. The van der Waals surface area contributed by atoms with Gasteiger partial charge in [0.05, 0.1) is 16.8 Å². The summed E-state index contributed by atoms with van der Waals surface area (Å²) in [5, 5.41) is 26.7. The molecule has 0 aliphatic carbocycles. The van der Waals surface area contributed by atoms with Crippen LogP contribution in [0.2, 0.25) is 0 Å². The molecule has 0 aliphatic heterocycles. The lowest BCUT2D eigenvalue weighted by Gasteiger charge is -1.99. The van der Waals surface area contributed by atoms with Gasteiger partial charge in [-0.1, -0.05) is 12.1 Å². The molecule has 2 N–H and O–H groups in total. The van der Waals surface area contributed by atoms with E-state index in [1.807, 2.05) is 0 Å². The molecule has 1 aromatic carbocycles. The van der Waals surface area contributed by atoms with Gasteiger partial charge in [-0.05, 0) is 24.3 Å². The fourth-order valence-electron chi connectivity index (χ4n) is 1.83. The third-order valence-corrected chi connectivity index (χ3v) is 2.96. The summed E-state index contributed by atoms with van der Waals surface area (Å²) >= 11 is 0. The molecule has 0 bridgehead atoms. The third-order valence-electron chi connectivity index (χ3n) is 2.96. The molecule has 0 atom stereocenters. The summed E-state index contributed by atoms with van der Waals surface area (Å²) in [4.78, 5) is 0. The van der Waals surface area contributed by atoms with Crippen molar-refractivity contribution in [3.63, 3.8) is 0 Å². The Balaban J connectivity index is 2.44. The van der Waals surface area contributed by atoms with Crippen molar-refractivity contribution in [2.75, 3.05) is 0 Å². The fourth-order valence-corrected chi connectivity index (χ4v) is 1.83. The maximum absolute atomic E-state index is 13.7. The van der Waals surface area contributed by atoms with Crippen molar-refractivity contribution in [3.8, 4) is 29.5 Å². The van der Waals surface area contributed by atoms with Crippen LogP contribution in [-0.2, 0) is 0 Å². The Kier molecular flexibility index (Phi) is 4.57. The molecule has 2 aromatic rings. The van der Waals surface area contributed by atoms with Gasteiger partial charge >= 0.3 is 0 Å². The highest BCUT2D eigenvalue weighted by molar-refractivity contribution is 5.66. The van der Waals surface area contributed by atoms with Crippen LogP contribution in [0, 0.1) is 39.8 Å². The zero-order chi connectivity index (χ0) is 16.8. The van der Waals surface area contributed by atoms with Crippen molar-refractivity contribution < 1.29 is 8.81 Å². The Morgan fingerprint density at radius 3 is 2.35 bits per heavy atom. The molecular formula is C17H9FN4O. The van der Waals surface area contributed by atoms with Crippen LogP contribution in [0.15, 0.2) is 57.7 Å². The molecule has 0 aliphatic rings. The minimum absolute atomic E-state index is 0.0856. The average molecular weight is 304 g/mol. The zero-order valence-electron chi connectivity index (χ0n) is 11.7. The summed E-state index contributed by atoms with van der Waals surface area (Å²) < 4.78 is 19.2. The molecule has 23 heavy (non-hydrogen) atoms. The van der Waals surface area contributed by atoms with Gasteiger partial charge in [-0.15, -0.1) is 0 Å². The van der Waals surface area contributed by atoms with Crippen LogP contribution in [0.25, 0.3) is 17.4 Å². The predicted octanol–water partition coefficient (Wildman–Crippen LogP) is 3.25. The van der Waals surface area contributed by atoms with Gasteiger partial charge in [0.2, 0.25) is 0 Å². The second kappa shape index (κ2) is 6.76. The Hall–Kier alpha value is -3.82. The lowest BCUT2D eigenvalue weighted by molar-refractivity contribution is 0.560. The monoisotopic (exact) mass is 304 g/mol. The van der Waals surface area contributed by atoms with E-state index < -0.39 is 5.82 Å². The number of hydrogen-bond acceptors (Lipinski definition) is 5. The lowest BCUT2D eigenvalue weighted by atomic mass is 10.1. The van der Waals surface area contributed by atoms with Crippen LogP contribution in [-0.4, -0.2) is 0 Å². The number of rotatable bonds is 3. The predicted molar refractivity (Wildman–Crippen MR) is 80.1 cm³/mol. The standard InChI is InChI=1S/C17H9FN4O/c18-15-4-2-1-3-14(15)16-6-5-13(23-16)7-11(8-19)17(22)12(9-20)10-21/h1-7H,22H2/b11-7+. The lowest BCUT2D eigenvalue weighted by Crippen LogP contribution is -2.03. The van der Waals surface area contributed by atoms with Crippen LogP contribution >= 0.6 is 0 Å². The minimum Gasteiger partial charge on any atom is -0.457 e. The highest BCUT2D eigenvalue weighted by Gasteiger charge is 2.11. The Morgan fingerprint density at radius 1 is 1.04 bits per heavy atom. The summed E-state index contributed by atoms with van der Waals surface area (Å²) in [6.45, 7) is 0. The second-order valence-electron chi connectivity index (χ2n) is 4.36. The van der Waals surface area contributed by atoms with Crippen LogP contribution in [0.3, 0.4) is 0 Å². The molecule has 0 fully saturated rings. The summed E-state index contributed by atoms with van der Waals surface area (Å²) in [5.74, 6) is 0.0986. The van der Waals surface area contributed by atoms with E-state index in [9.17, 15) is 4.39 Å². The van der Waals surface area contributed by atoms with Crippen molar-refractivity contribution in [2.45, 2.75) is 0 Å². The zero-order valence-corrected chi connectivity index (χ0v) is 11.7. The number of nitriles is 3.